The summed E-state index contributed by atoms with van der Waals surface area (Å²) in [5.74, 6) is -0.338. The fourth-order valence-electron chi connectivity index (χ4n) is 0.966. The molecule has 0 unspecified atom stereocenters. The summed E-state index contributed by atoms with van der Waals surface area (Å²) in [6, 6.07) is 4.24. The minimum absolute atomic E-state index is 0.0427. The molecule has 0 fully saturated rings. The molecular formula is C10H9F3NO. The summed E-state index contributed by atoms with van der Waals surface area (Å²) in [7, 11) is 0. The number of rotatable bonds is 2. The zero-order chi connectivity index (χ0) is 11.5. The number of benzene rings is 1. The van der Waals surface area contributed by atoms with Gasteiger partial charge in [0.1, 0.15) is 0 Å². The topological polar surface area (TPSA) is 29.1 Å². The van der Waals surface area contributed by atoms with Gasteiger partial charge >= 0.3 is 6.18 Å². The number of anilines is 1. The van der Waals surface area contributed by atoms with Crippen molar-refractivity contribution in [3.63, 3.8) is 0 Å². The first kappa shape index (κ1) is 11.6. The van der Waals surface area contributed by atoms with E-state index in [-0.39, 0.29) is 12.3 Å². The molecule has 0 saturated heterocycles. The average Bonchev–Trinajstić information content (AvgIpc) is 2.17. The third-order valence-corrected chi connectivity index (χ3v) is 1.72. The van der Waals surface area contributed by atoms with Crippen LogP contribution in [0.3, 0.4) is 0 Å². The summed E-state index contributed by atoms with van der Waals surface area (Å²) in [5, 5.41) is 2.40. The normalized spacial score (nSPS) is 11.2. The molecule has 0 aromatic heterocycles. The second kappa shape index (κ2) is 4.33. The molecule has 0 atom stereocenters. The SMILES string of the molecule is [CH2]CC(=O)Nc1ccc(C(F)(F)F)cc1. The van der Waals surface area contributed by atoms with Crippen LogP contribution in [-0.4, -0.2) is 5.91 Å². The number of hydrogen-bond donors (Lipinski definition) is 1. The zero-order valence-electron chi connectivity index (χ0n) is 7.77. The Bertz CT molecular complexity index is 343. The average molecular weight is 216 g/mol. The van der Waals surface area contributed by atoms with Crippen LogP contribution in [0.2, 0.25) is 0 Å². The van der Waals surface area contributed by atoms with E-state index in [1.807, 2.05) is 0 Å². The monoisotopic (exact) mass is 216 g/mol. The number of halogens is 3. The van der Waals surface area contributed by atoms with Crippen molar-refractivity contribution in [1.29, 1.82) is 0 Å². The molecule has 2 nitrogen and oxygen atoms in total. The van der Waals surface area contributed by atoms with Crippen LogP contribution >= 0.6 is 0 Å². The van der Waals surface area contributed by atoms with Crippen LogP contribution < -0.4 is 5.32 Å². The number of carbonyl (C=O) groups excluding carboxylic acids is 1. The van der Waals surface area contributed by atoms with Gasteiger partial charge in [-0.2, -0.15) is 13.2 Å². The van der Waals surface area contributed by atoms with Crippen LogP contribution in [-0.2, 0) is 11.0 Å². The van der Waals surface area contributed by atoms with E-state index in [9.17, 15) is 18.0 Å². The van der Waals surface area contributed by atoms with Gasteiger partial charge in [-0.25, -0.2) is 0 Å². The van der Waals surface area contributed by atoms with Crippen LogP contribution in [0.4, 0.5) is 18.9 Å². The second-order valence-corrected chi connectivity index (χ2v) is 2.87. The highest BCUT2D eigenvalue weighted by Crippen LogP contribution is 2.29. The third kappa shape index (κ3) is 3.27. The summed E-state index contributed by atoms with van der Waals surface area (Å²) in [6.45, 7) is 3.35. The van der Waals surface area contributed by atoms with Gasteiger partial charge in [-0.3, -0.25) is 4.79 Å². The first-order valence-electron chi connectivity index (χ1n) is 4.20. The first-order chi connectivity index (χ1) is 6.93. The van der Waals surface area contributed by atoms with E-state index in [0.29, 0.717) is 5.69 Å². The molecule has 0 aliphatic rings. The van der Waals surface area contributed by atoms with Crippen molar-refractivity contribution in [2.45, 2.75) is 12.6 Å². The molecule has 1 aromatic carbocycles. The van der Waals surface area contributed by atoms with Gasteiger partial charge in [-0.05, 0) is 31.2 Å². The predicted octanol–water partition coefficient (Wildman–Crippen LogP) is 2.87. The third-order valence-electron chi connectivity index (χ3n) is 1.72. The molecule has 15 heavy (non-hydrogen) atoms. The molecule has 81 valence electrons. The Morgan fingerprint density at radius 3 is 2.20 bits per heavy atom. The highest BCUT2D eigenvalue weighted by atomic mass is 19.4. The minimum Gasteiger partial charge on any atom is -0.326 e. The zero-order valence-corrected chi connectivity index (χ0v) is 7.77. The molecular weight excluding hydrogens is 207 g/mol. The maximum atomic E-state index is 12.2. The highest BCUT2D eigenvalue weighted by molar-refractivity contribution is 5.90. The Kier molecular flexibility index (Phi) is 3.34. The van der Waals surface area contributed by atoms with Crippen molar-refractivity contribution in [3.05, 3.63) is 36.8 Å². The standard InChI is InChI=1S/C10H9F3NO/c1-2-9(15)14-8-5-3-7(4-6-8)10(11,12)13/h3-6H,1-2H2,(H,14,15). The van der Waals surface area contributed by atoms with Crippen LogP contribution in [0.25, 0.3) is 0 Å². The smallest absolute Gasteiger partial charge is 0.326 e. The van der Waals surface area contributed by atoms with Gasteiger partial charge < -0.3 is 5.32 Å². The van der Waals surface area contributed by atoms with Crippen molar-refractivity contribution in [3.8, 4) is 0 Å². The number of alkyl halides is 3. The summed E-state index contributed by atoms with van der Waals surface area (Å²) < 4.78 is 36.5. The lowest BCUT2D eigenvalue weighted by Gasteiger charge is -2.07. The Balaban J connectivity index is 2.77. The molecule has 1 rings (SSSR count). The van der Waals surface area contributed by atoms with E-state index < -0.39 is 11.7 Å². The van der Waals surface area contributed by atoms with E-state index >= 15 is 0 Å². The van der Waals surface area contributed by atoms with Crippen LogP contribution in [0.5, 0.6) is 0 Å². The van der Waals surface area contributed by atoms with Gasteiger partial charge in [0, 0.05) is 12.1 Å². The van der Waals surface area contributed by atoms with E-state index in [2.05, 4.69) is 12.2 Å². The van der Waals surface area contributed by atoms with Crippen molar-refractivity contribution < 1.29 is 18.0 Å². The van der Waals surface area contributed by atoms with Gasteiger partial charge in [-0.1, -0.05) is 0 Å². The van der Waals surface area contributed by atoms with Crippen molar-refractivity contribution >= 4 is 11.6 Å². The molecule has 0 spiro atoms. The molecule has 0 bridgehead atoms. The lowest BCUT2D eigenvalue weighted by Crippen LogP contribution is -2.10. The number of hydrogen-bond acceptors (Lipinski definition) is 1. The van der Waals surface area contributed by atoms with Crippen LogP contribution in [0, 0.1) is 6.92 Å². The quantitative estimate of drug-likeness (QED) is 0.809. The maximum absolute atomic E-state index is 12.2. The predicted molar refractivity (Wildman–Crippen MR) is 50.0 cm³/mol. The van der Waals surface area contributed by atoms with E-state index in [1.54, 1.807) is 0 Å². The van der Waals surface area contributed by atoms with Crippen molar-refractivity contribution in [1.82, 2.24) is 0 Å². The van der Waals surface area contributed by atoms with Crippen LogP contribution in [0.15, 0.2) is 24.3 Å². The lowest BCUT2D eigenvalue weighted by atomic mass is 10.2. The molecule has 0 aliphatic carbocycles. The minimum atomic E-state index is -4.35. The molecule has 1 aromatic rings. The Hall–Kier alpha value is -1.52. The largest absolute Gasteiger partial charge is 0.416 e. The first-order valence-corrected chi connectivity index (χ1v) is 4.20. The summed E-state index contributed by atoms with van der Waals surface area (Å²) >= 11 is 0. The van der Waals surface area contributed by atoms with E-state index in [1.165, 1.54) is 12.1 Å². The Morgan fingerprint density at radius 1 is 1.27 bits per heavy atom. The van der Waals surface area contributed by atoms with Gasteiger partial charge in [0.15, 0.2) is 0 Å². The number of nitrogens with one attached hydrogen (secondary N) is 1. The molecule has 0 heterocycles. The van der Waals surface area contributed by atoms with Gasteiger partial charge in [0.25, 0.3) is 0 Å². The van der Waals surface area contributed by atoms with Crippen molar-refractivity contribution in [2.75, 3.05) is 5.32 Å². The molecule has 1 N–H and O–H groups in total. The summed E-state index contributed by atoms with van der Waals surface area (Å²) in [5.41, 5.74) is -0.410. The van der Waals surface area contributed by atoms with E-state index in [4.69, 9.17) is 0 Å². The van der Waals surface area contributed by atoms with Gasteiger partial charge in [0.05, 0.1) is 5.56 Å². The molecule has 1 radical (unpaired) electrons. The van der Waals surface area contributed by atoms with Gasteiger partial charge in [0.2, 0.25) is 5.91 Å². The molecule has 0 aliphatic heterocycles. The lowest BCUT2D eigenvalue weighted by molar-refractivity contribution is -0.137. The van der Waals surface area contributed by atoms with Crippen molar-refractivity contribution in [2.24, 2.45) is 0 Å². The molecule has 1 amide bonds. The molecule has 0 saturated carbocycles. The summed E-state index contributed by atoms with van der Waals surface area (Å²) in [6.07, 6.45) is -4.31. The van der Waals surface area contributed by atoms with E-state index in [0.717, 1.165) is 12.1 Å². The van der Waals surface area contributed by atoms with Gasteiger partial charge in [-0.15, -0.1) is 0 Å². The fraction of sp³-hybridized carbons (Fsp3) is 0.200. The Labute approximate surface area is 85.1 Å². The number of amides is 1. The molecule has 5 heteroatoms. The summed E-state index contributed by atoms with van der Waals surface area (Å²) in [4.78, 5) is 10.9. The maximum Gasteiger partial charge on any atom is 0.416 e. The fourth-order valence-corrected chi connectivity index (χ4v) is 0.966. The highest BCUT2D eigenvalue weighted by Gasteiger charge is 2.29. The Morgan fingerprint density at radius 2 is 1.80 bits per heavy atom. The number of carbonyl (C=O) groups is 1. The van der Waals surface area contributed by atoms with Crippen LogP contribution in [0.1, 0.15) is 12.0 Å². The second-order valence-electron chi connectivity index (χ2n) is 2.87.